The van der Waals surface area contributed by atoms with E-state index in [0.717, 1.165) is 17.6 Å². The third-order valence-electron chi connectivity index (χ3n) is 4.85. The van der Waals surface area contributed by atoms with Crippen LogP contribution in [0.1, 0.15) is 30.4 Å². The van der Waals surface area contributed by atoms with Crippen LogP contribution in [0.4, 0.5) is 0 Å². The minimum atomic E-state index is 0.570. The van der Waals surface area contributed by atoms with Crippen molar-refractivity contribution >= 4 is 21.5 Å². The maximum atomic E-state index is 4.37. The summed E-state index contributed by atoms with van der Waals surface area (Å²) in [6, 6.07) is 16.3. The Balaban J connectivity index is 1.59. The monoisotopic (exact) mass is 354 g/mol. The van der Waals surface area contributed by atoms with Crippen molar-refractivity contribution in [2.45, 2.75) is 37.9 Å². The van der Waals surface area contributed by atoms with E-state index >= 15 is 0 Å². The number of nitrogens with zero attached hydrogens (tertiary/aromatic N) is 2. The predicted octanol–water partition coefficient (Wildman–Crippen LogP) is 4.66. The number of hydrogen-bond acceptors (Lipinski definition) is 2. The summed E-state index contributed by atoms with van der Waals surface area (Å²) in [6.07, 6.45) is 8.02. The molecule has 4 rings (SSSR count). The second kappa shape index (κ2) is 5.98. The molecule has 0 N–H and O–H groups in total. The van der Waals surface area contributed by atoms with Crippen LogP contribution in [0.5, 0.6) is 0 Å². The van der Waals surface area contributed by atoms with Crippen molar-refractivity contribution < 1.29 is 0 Å². The minimum Gasteiger partial charge on any atom is -0.289 e. The van der Waals surface area contributed by atoms with Gasteiger partial charge in [0.05, 0.1) is 0 Å². The van der Waals surface area contributed by atoms with Crippen molar-refractivity contribution in [1.29, 1.82) is 0 Å². The molecule has 2 unspecified atom stereocenters. The molecule has 1 saturated heterocycles. The van der Waals surface area contributed by atoms with Gasteiger partial charge in [0.25, 0.3) is 0 Å². The van der Waals surface area contributed by atoms with Crippen LogP contribution >= 0.6 is 15.9 Å². The second-order valence-electron chi connectivity index (χ2n) is 6.19. The lowest BCUT2D eigenvalue weighted by atomic mass is 9.95. The molecule has 22 heavy (non-hydrogen) atoms. The first-order valence-corrected chi connectivity index (χ1v) is 8.72. The van der Waals surface area contributed by atoms with Gasteiger partial charge in [-0.3, -0.25) is 4.90 Å². The lowest BCUT2D eigenvalue weighted by Gasteiger charge is -2.34. The fourth-order valence-corrected chi connectivity index (χ4v) is 4.29. The molecule has 0 aliphatic carbocycles. The van der Waals surface area contributed by atoms with Gasteiger partial charge in [0.15, 0.2) is 0 Å². The van der Waals surface area contributed by atoms with Gasteiger partial charge in [-0.05, 0) is 52.4 Å². The minimum absolute atomic E-state index is 0.570. The molecule has 0 radical (unpaired) electrons. The van der Waals surface area contributed by atoms with Gasteiger partial charge < -0.3 is 0 Å². The van der Waals surface area contributed by atoms with Gasteiger partial charge in [-0.1, -0.05) is 42.5 Å². The van der Waals surface area contributed by atoms with Crippen LogP contribution in [0.2, 0.25) is 0 Å². The Morgan fingerprint density at radius 1 is 1.09 bits per heavy atom. The van der Waals surface area contributed by atoms with Gasteiger partial charge in [0, 0.05) is 30.4 Å². The molecular formula is C19H19BrN2. The molecule has 1 aromatic heterocycles. The molecule has 2 aliphatic heterocycles. The molecule has 1 aromatic carbocycles. The lowest BCUT2D eigenvalue weighted by Crippen LogP contribution is -2.37. The van der Waals surface area contributed by atoms with Crippen LogP contribution in [-0.2, 0) is 6.54 Å². The van der Waals surface area contributed by atoms with Gasteiger partial charge in [0.2, 0.25) is 0 Å². The first-order valence-electron chi connectivity index (χ1n) is 7.92. The zero-order chi connectivity index (χ0) is 14.9. The first-order chi connectivity index (χ1) is 10.8. The average molecular weight is 355 g/mol. The molecule has 2 aliphatic rings. The maximum absolute atomic E-state index is 4.37. The van der Waals surface area contributed by atoms with E-state index in [9.17, 15) is 0 Å². The first kappa shape index (κ1) is 14.2. The zero-order valence-electron chi connectivity index (χ0n) is 12.5. The fourth-order valence-electron chi connectivity index (χ4n) is 3.78. The molecule has 2 atom stereocenters. The third kappa shape index (κ3) is 2.64. The maximum Gasteiger partial charge on any atom is 0.113 e. The largest absolute Gasteiger partial charge is 0.289 e. The molecule has 112 valence electrons. The molecule has 0 spiro atoms. The predicted molar refractivity (Wildman–Crippen MR) is 93.3 cm³/mol. The molecule has 1 fully saturated rings. The van der Waals surface area contributed by atoms with Crippen molar-refractivity contribution in [3.8, 4) is 0 Å². The third-order valence-corrected chi connectivity index (χ3v) is 5.48. The number of hydrogen-bond donors (Lipinski definition) is 0. The average Bonchev–Trinajstić information content (AvgIpc) is 2.78. The summed E-state index contributed by atoms with van der Waals surface area (Å²) < 4.78 is 0.970. The van der Waals surface area contributed by atoms with Crippen LogP contribution in [0.3, 0.4) is 0 Å². The highest BCUT2D eigenvalue weighted by Gasteiger charge is 2.36. The summed E-state index contributed by atoms with van der Waals surface area (Å²) >= 11 is 3.60. The van der Waals surface area contributed by atoms with Crippen LogP contribution in [0.15, 0.2) is 59.3 Å². The van der Waals surface area contributed by atoms with Crippen LogP contribution in [0.25, 0.3) is 5.57 Å². The van der Waals surface area contributed by atoms with Crippen LogP contribution < -0.4 is 0 Å². The van der Waals surface area contributed by atoms with Crippen LogP contribution in [-0.4, -0.2) is 22.0 Å². The van der Waals surface area contributed by atoms with Gasteiger partial charge in [-0.2, -0.15) is 0 Å². The molecule has 3 heterocycles. The Kier molecular flexibility index (Phi) is 3.85. The van der Waals surface area contributed by atoms with Gasteiger partial charge >= 0.3 is 0 Å². The summed E-state index contributed by atoms with van der Waals surface area (Å²) in [6.45, 7) is 1.06. The number of pyridine rings is 1. The number of rotatable bonds is 3. The van der Waals surface area contributed by atoms with E-state index in [0.29, 0.717) is 12.1 Å². The van der Waals surface area contributed by atoms with Gasteiger partial charge in [-0.25, -0.2) is 4.98 Å². The number of fused-ring (bicyclic) bond motifs is 2. The molecule has 2 aromatic rings. The summed E-state index contributed by atoms with van der Waals surface area (Å²) in [5.74, 6) is 0. The summed E-state index contributed by atoms with van der Waals surface area (Å²) in [5, 5.41) is 0. The van der Waals surface area contributed by atoms with Crippen molar-refractivity contribution in [2.24, 2.45) is 0 Å². The Bertz CT molecular complexity index is 696. The van der Waals surface area contributed by atoms with E-state index in [4.69, 9.17) is 0 Å². The van der Waals surface area contributed by atoms with Crippen molar-refractivity contribution in [3.63, 3.8) is 0 Å². The smallest absolute Gasteiger partial charge is 0.113 e. The fraction of sp³-hybridized carbons (Fsp3) is 0.316. The summed E-state index contributed by atoms with van der Waals surface area (Å²) in [4.78, 5) is 7.04. The molecule has 3 heteroatoms. The SMILES string of the molecule is Brc1ncccc1C1=CC2CCC(C1)N2Cc1ccccc1. The van der Waals surface area contributed by atoms with E-state index in [1.54, 1.807) is 0 Å². The Hall–Kier alpha value is -1.45. The number of halogens is 1. The van der Waals surface area contributed by atoms with Crippen LogP contribution in [0, 0.1) is 0 Å². The Morgan fingerprint density at radius 3 is 2.73 bits per heavy atom. The topological polar surface area (TPSA) is 16.1 Å². The zero-order valence-corrected chi connectivity index (χ0v) is 14.0. The Morgan fingerprint density at radius 2 is 1.95 bits per heavy atom. The summed E-state index contributed by atoms with van der Waals surface area (Å²) in [5.41, 5.74) is 4.13. The standard InChI is InChI=1S/C19H19BrN2/c20-19-18(7-4-10-21-19)15-11-16-8-9-17(12-15)22(16)13-14-5-2-1-3-6-14/h1-7,10-11,16-17H,8-9,12-13H2. The number of benzene rings is 1. The van der Waals surface area contributed by atoms with Crippen molar-refractivity contribution in [3.05, 3.63) is 70.5 Å². The Labute approximate surface area is 140 Å². The lowest BCUT2D eigenvalue weighted by molar-refractivity contribution is 0.203. The molecule has 2 nitrogen and oxygen atoms in total. The molecular weight excluding hydrogens is 336 g/mol. The van der Waals surface area contributed by atoms with E-state index < -0.39 is 0 Å². The number of aromatic nitrogens is 1. The van der Waals surface area contributed by atoms with E-state index in [2.05, 4.69) is 68.3 Å². The van der Waals surface area contributed by atoms with E-state index in [1.807, 2.05) is 12.3 Å². The van der Waals surface area contributed by atoms with Gasteiger partial charge in [0.1, 0.15) is 4.60 Å². The van der Waals surface area contributed by atoms with Crippen molar-refractivity contribution in [1.82, 2.24) is 9.88 Å². The quantitative estimate of drug-likeness (QED) is 0.744. The van der Waals surface area contributed by atoms with E-state index in [1.165, 1.54) is 29.5 Å². The molecule has 0 saturated carbocycles. The van der Waals surface area contributed by atoms with Crippen molar-refractivity contribution in [2.75, 3.05) is 0 Å². The summed E-state index contributed by atoms with van der Waals surface area (Å²) in [7, 11) is 0. The van der Waals surface area contributed by atoms with E-state index in [-0.39, 0.29) is 0 Å². The molecule has 2 bridgehead atoms. The highest BCUT2D eigenvalue weighted by atomic mass is 79.9. The second-order valence-corrected chi connectivity index (χ2v) is 6.95. The highest BCUT2D eigenvalue weighted by Crippen LogP contribution is 2.40. The highest BCUT2D eigenvalue weighted by molar-refractivity contribution is 9.10. The van der Waals surface area contributed by atoms with Gasteiger partial charge in [-0.15, -0.1) is 0 Å². The molecule has 0 amide bonds. The normalized spacial score (nSPS) is 24.3.